The molecule has 9 nitrogen and oxygen atoms in total. The molecule has 126 valence electrons. The molecule has 25 heavy (non-hydrogen) atoms. The van der Waals surface area contributed by atoms with Gasteiger partial charge in [0.2, 0.25) is 0 Å². The smallest absolute Gasteiger partial charge is 0.310 e. The molecule has 2 N–H and O–H groups in total. The van der Waals surface area contributed by atoms with Gasteiger partial charge in [-0.05, 0) is 24.3 Å². The summed E-state index contributed by atoms with van der Waals surface area (Å²) < 4.78 is 1.73. The lowest BCUT2D eigenvalue weighted by molar-refractivity contribution is -0.385. The van der Waals surface area contributed by atoms with E-state index in [-0.39, 0.29) is 12.1 Å². The number of carbonyl (C=O) groups is 1. The van der Waals surface area contributed by atoms with Crippen LogP contribution in [0.3, 0.4) is 0 Å². The summed E-state index contributed by atoms with van der Waals surface area (Å²) in [5, 5.41) is 30.7. The Morgan fingerprint density at radius 3 is 2.68 bits per heavy atom. The summed E-state index contributed by atoms with van der Waals surface area (Å²) in [5.74, 6) is -0.538. The van der Waals surface area contributed by atoms with Crippen LogP contribution in [-0.4, -0.2) is 30.7 Å². The molecule has 1 heterocycles. The molecule has 9 heteroatoms. The third kappa shape index (κ3) is 3.44. The first kappa shape index (κ1) is 16.1. The summed E-state index contributed by atoms with van der Waals surface area (Å²) in [5.41, 5.74) is 0.499. The van der Waals surface area contributed by atoms with Crippen LogP contribution in [0.15, 0.2) is 54.9 Å². The van der Waals surface area contributed by atoms with Crippen molar-refractivity contribution >= 4 is 11.6 Å². The normalized spacial score (nSPS) is 10.4. The van der Waals surface area contributed by atoms with Crippen LogP contribution in [0.1, 0.15) is 16.2 Å². The molecular weight excluding hydrogens is 326 g/mol. The summed E-state index contributed by atoms with van der Waals surface area (Å²) in [7, 11) is 0. The van der Waals surface area contributed by atoms with E-state index in [2.05, 4.69) is 15.5 Å². The molecule has 2 aromatic carbocycles. The highest BCUT2D eigenvalue weighted by atomic mass is 16.6. The number of phenolic OH excluding ortho intramolecular Hbond substituents is 1. The Bertz CT molecular complexity index is 923. The Kier molecular flexibility index (Phi) is 4.38. The quantitative estimate of drug-likeness (QED) is 0.540. The maximum absolute atomic E-state index is 12.2. The molecule has 0 bridgehead atoms. The van der Waals surface area contributed by atoms with Gasteiger partial charge in [0.1, 0.15) is 6.33 Å². The monoisotopic (exact) mass is 339 g/mol. The summed E-state index contributed by atoms with van der Waals surface area (Å²) in [6, 6.07) is 12.8. The highest BCUT2D eigenvalue weighted by molar-refractivity contribution is 5.94. The van der Waals surface area contributed by atoms with E-state index in [0.29, 0.717) is 5.82 Å². The van der Waals surface area contributed by atoms with Crippen molar-refractivity contribution in [1.82, 2.24) is 20.1 Å². The topological polar surface area (TPSA) is 123 Å². The maximum atomic E-state index is 12.2. The molecule has 1 aromatic heterocycles. The zero-order valence-electron chi connectivity index (χ0n) is 12.9. The molecule has 0 spiro atoms. The molecule has 0 aliphatic carbocycles. The van der Waals surface area contributed by atoms with Gasteiger partial charge in [-0.3, -0.25) is 19.5 Å². The fourth-order valence-corrected chi connectivity index (χ4v) is 2.26. The van der Waals surface area contributed by atoms with Crippen LogP contribution in [0.5, 0.6) is 5.75 Å². The molecule has 0 saturated heterocycles. The lowest BCUT2D eigenvalue weighted by atomic mass is 10.2. The van der Waals surface area contributed by atoms with Crippen LogP contribution in [0.4, 0.5) is 5.69 Å². The van der Waals surface area contributed by atoms with Crippen LogP contribution in [0.2, 0.25) is 0 Å². The van der Waals surface area contributed by atoms with Gasteiger partial charge >= 0.3 is 5.69 Å². The summed E-state index contributed by atoms with van der Waals surface area (Å²) in [6.45, 7) is 0.103. The van der Waals surface area contributed by atoms with Gasteiger partial charge in [-0.1, -0.05) is 18.2 Å². The number of aromatic hydroxyl groups is 1. The van der Waals surface area contributed by atoms with Gasteiger partial charge in [0.15, 0.2) is 11.6 Å². The van der Waals surface area contributed by atoms with E-state index in [1.165, 1.54) is 12.4 Å². The van der Waals surface area contributed by atoms with Gasteiger partial charge in [0.05, 0.1) is 11.5 Å². The summed E-state index contributed by atoms with van der Waals surface area (Å²) >= 11 is 0. The van der Waals surface area contributed by atoms with Crippen molar-refractivity contribution in [3.8, 4) is 11.4 Å². The average Bonchev–Trinajstić information content (AvgIpc) is 3.08. The Hall–Kier alpha value is -3.75. The molecule has 0 atom stereocenters. The third-order valence-corrected chi connectivity index (χ3v) is 3.49. The predicted molar refractivity (Wildman–Crippen MR) is 87.3 cm³/mol. The molecule has 0 fully saturated rings. The number of nitro benzene ring substituents is 1. The minimum atomic E-state index is -0.723. The van der Waals surface area contributed by atoms with Crippen molar-refractivity contribution < 1.29 is 14.8 Å². The standard InChI is InChI=1S/C16H13N5O4/c22-14-8-11(6-7-13(14)21(24)25)16(23)17-9-15-19-18-10-20(15)12-4-2-1-3-5-12/h1-8,10,22H,9H2,(H,17,23). The second kappa shape index (κ2) is 6.79. The van der Waals surface area contributed by atoms with Crippen molar-refractivity contribution in [1.29, 1.82) is 0 Å². The van der Waals surface area contributed by atoms with Crippen molar-refractivity contribution in [2.75, 3.05) is 0 Å². The van der Waals surface area contributed by atoms with E-state index in [0.717, 1.165) is 17.8 Å². The maximum Gasteiger partial charge on any atom is 0.310 e. The Balaban J connectivity index is 1.73. The molecule has 1 amide bonds. The fourth-order valence-electron chi connectivity index (χ4n) is 2.26. The van der Waals surface area contributed by atoms with Gasteiger partial charge in [-0.2, -0.15) is 0 Å². The van der Waals surface area contributed by atoms with Crippen molar-refractivity contribution in [3.05, 3.63) is 76.4 Å². The molecule has 3 aromatic rings. The average molecular weight is 339 g/mol. The van der Waals surface area contributed by atoms with E-state index in [1.54, 1.807) is 4.57 Å². The van der Waals surface area contributed by atoms with E-state index in [9.17, 15) is 20.0 Å². The molecule has 3 rings (SSSR count). The number of amides is 1. The Morgan fingerprint density at radius 2 is 2.00 bits per heavy atom. The van der Waals surface area contributed by atoms with E-state index in [1.807, 2.05) is 30.3 Å². The van der Waals surface area contributed by atoms with Crippen LogP contribution in [0.25, 0.3) is 5.69 Å². The van der Waals surface area contributed by atoms with Gasteiger partial charge < -0.3 is 10.4 Å². The number of rotatable bonds is 5. The van der Waals surface area contributed by atoms with Gasteiger partial charge in [-0.15, -0.1) is 10.2 Å². The highest BCUT2D eigenvalue weighted by Gasteiger charge is 2.16. The summed E-state index contributed by atoms with van der Waals surface area (Å²) in [4.78, 5) is 22.1. The van der Waals surface area contributed by atoms with Crippen molar-refractivity contribution in [3.63, 3.8) is 0 Å². The number of phenols is 1. The molecule has 0 radical (unpaired) electrons. The van der Waals surface area contributed by atoms with Crippen LogP contribution < -0.4 is 5.32 Å². The van der Waals surface area contributed by atoms with Crippen LogP contribution in [-0.2, 0) is 6.54 Å². The van der Waals surface area contributed by atoms with E-state index >= 15 is 0 Å². The first-order valence-electron chi connectivity index (χ1n) is 7.26. The largest absolute Gasteiger partial charge is 0.502 e. The Morgan fingerprint density at radius 1 is 1.24 bits per heavy atom. The number of para-hydroxylation sites is 1. The van der Waals surface area contributed by atoms with Crippen LogP contribution in [0, 0.1) is 10.1 Å². The predicted octanol–water partition coefficient (Wildman–Crippen LogP) is 1.81. The second-order valence-corrected chi connectivity index (χ2v) is 5.10. The number of nitrogens with one attached hydrogen (secondary N) is 1. The number of carbonyl (C=O) groups excluding carboxylic acids is 1. The second-order valence-electron chi connectivity index (χ2n) is 5.10. The molecule has 0 aliphatic heterocycles. The van der Waals surface area contributed by atoms with Gasteiger partial charge in [0, 0.05) is 17.3 Å². The number of nitrogens with zero attached hydrogens (tertiary/aromatic N) is 4. The number of aromatic nitrogens is 3. The minimum Gasteiger partial charge on any atom is -0.502 e. The van der Waals surface area contributed by atoms with Crippen molar-refractivity contribution in [2.24, 2.45) is 0 Å². The highest BCUT2D eigenvalue weighted by Crippen LogP contribution is 2.26. The van der Waals surface area contributed by atoms with Crippen LogP contribution >= 0.6 is 0 Å². The zero-order valence-corrected chi connectivity index (χ0v) is 12.9. The lowest BCUT2D eigenvalue weighted by Crippen LogP contribution is -2.24. The number of hydrogen-bond acceptors (Lipinski definition) is 6. The third-order valence-electron chi connectivity index (χ3n) is 3.49. The number of hydrogen-bond donors (Lipinski definition) is 2. The fraction of sp³-hybridized carbons (Fsp3) is 0.0625. The SMILES string of the molecule is O=C(NCc1nncn1-c1ccccc1)c1ccc([N+](=O)[O-])c(O)c1. The molecule has 0 saturated carbocycles. The number of nitro groups is 1. The first-order valence-corrected chi connectivity index (χ1v) is 7.26. The van der Waals surface area contributed by atoms with Gasteiger partial charge in [0.25, 0.3) is 5.91 Å². The first-order chi connectivity index (χ1) is 12.1. The lowest BCUT2D eigenvalue weighted by Gasteiger charge is -2.08. The molecular formula is C16H13N5O4. The minimum absolute atomic E-state index is 0.103. The van der Waals surface area contributed by atoms with Crippen molar-refractivity contribution in [2.45, 2.75) is 6.54 Å². The summed E-state index contributed by atoms with van der Waals surface area (Å²) in [6.07, 6.45) is 1.54. The molecule has 0 unspecified atom stereocenters. The van der Waals surface area contributed by atoms with Gasteiger partial charge in [-0.25, -0.2) is 0 Å². The van der Waals surface area contributed by atoms with E-state index < -0.39 is 22.3 Å². The Labute approximate surface area is 141 Å². The molecule has 0 aliphatic rings. The zero-order chi connectivity index (χ0) is 17.8. The van der Waals surface area contributed by atoms with E-state index in [4.69, 9.17) is 0 Å². The number of benzene rings is 2.